The van der Waals surface area contributed by atoms with E-state index in [1.807, 2.05) is 0 Å². The largest absolute Gasteiger partial charge is 0.387 e. The lowest BCUT2D eigenvalue weighted by molar-refractivity contribution is -0.119. The van der Waals surface area contributed by atoms with Gasteiger partial charge in [-0.25, -0.2) is 19.5 Å². The van der Waals surface area contributed by atoms with Crippen molar-refractivity contribution in [1.82, 2.24) is 29.7 Å². The van der Waals surface area contributed by atoms with Crippen LogP contribution >= 0.6 is 25.8 Å². The zero-order valence-corrected chi connectivity index (χ0v) is 25.6. The third-order valence-corrected chi connectivity index (χ3v) is 10.6. The standard InChI is InChI=1S/C20H24N10O10P2S2/c21-15-11-16(24-4-23-15)29(5-25-11)10-1-7-8(37-10)2-35-42(34,44)40-14-13(31)9(3-36-41(33,43)39-7)38-19(14)30-6-26-12-17(30)27-20(22)28-18(12)32/h4-10,12-14,19,31H,1-3H2,(H,33,43)(H,34,44)(H2,21,23,24)(H2,22,28,32)/t7?,8-,9-,10-,12?,13?,14+,19-,41?,42?/m1/s1. The molecule has 3 fully saturated rings. The Morgan fingerprint density at radius 1 is 1.16 bits per heavy atom. The summed E-state index contributed by atoms with van der Waals surface area (Å²) in [6.07, 6.45) is -3.95. The van der Waals surface area contributed by atoms with Gasteiger partial charge in [0.25, 0.3) is 5.91 Å². The molecule has 236 valence electrons. The summed E-state index contributed by atoms with van der Waals surface area (Å²) in [5.41, 5.74) is 6.65. The molecule has 20 nitrogen and oxygen atoms in total. The highest BCUT2D eigenvalue weighted by molar-refractivity contribution is 8.44. The molecule has 7 rings (SSSR count). The van der Waals surface area contributed by atoms with E-state index in [0.29, 0.717) is 11.2 Å². The molecule has 0 radical (unpaired) electrons. The number of nitrogens with two attached hydrogens (primary N) is 1. The van der Waals surface area contributed by atoms with Gasteiger partial charge >= 0.3 is 13.5 Å². The fourth-order valence-corrected chi connectivity index (χ4v) is 8.29. The molecule has 2 bridgehead atoms. The van der Waals surface area contributed by atoms with Crippen molar-refractivity contribution in [1.29, 1.82) is 5.41 Å². The van der Waals surface area contributed by atoms with E-state index in [4.69, 9.17) is 50.5 Å². The molecular formula is C20H24N10O10P2S2. The second-order valence-corrected chi connectivity index (χ2v) is 15.8. The molecule has 2 aromatic rings. The molecular weight excluding hydrogens is 666 g/mol. The number of nitrogens with zero attached hydrogens (tertiary/aromatic N) is 7. The van der Waals surface area contributed by atoms with Gasteiger partial charge in [-0.05, 0) is 11.8 Å². The van der Waals surface area contributed by atoms with Crippen molar-refractivity contribution in [2.24, 2.45) is 9.98 Å². The molecule has 0 spiro atoms. The number of hydrogen-bond acceptors (Lipinski definition) is 17. The Morgan fingerprint density at radius 3 is 2.77 bits per heavy atom. The number of aliphatic hydroxyl groups excluding tert-OH is 1. The van der Waals surface area contributed by atoms with Crippen LogP contribution in [0.3, 0.4) is 0 Å². The summed E-state index contributed by atoms with van der Waals surface area (Å²) in [4.78, 5) is 45.1. The molecule has 3 saturated heterocycles. The van der Waals surface area contributed by atoms with Crippen LogP contribution in [0.15, 0.2) is 22.6 Å². The number of rotatable bonds is 2. The van der Waals surface area contributed by atoms with Crippen molar-refractivity contribution >= 4 is 78.6 Å². The molecule has 5 unspecified atom stereocenters. The first kappa shape index (κ1) is 30.2. The SMILES string of the molecule is N=C1N=C2C(N=CN2[C@@H]2O[C@@H]3COP(O)(=S)OC4C[C@H](n5cnc6c(N)ncnc65)O[C@@H]4COP(=O)(S)O[C@H]2C3O)C(=O)N1. The van der Waals surface area contributed by atoms with E-state index < -0.39 is 87.6 Å². The summed E-state index contributed by atoms with van der Waals surface area (Å²) in [5.74, 6) is -0.834. The number of guanidine groups is 1. The Bertz CT molecular complexity index is 1700. The molecule has 24 heteroatoms. The van der Waals surface area contributed by atoms with Crippen LogP contribution in [-0.4, -0.2) is 114 Å². The molecule has 7 heterocycles. The number of carbonyl (C=O) groups excluding carboxylic acids is 1. The summed E-state index contributed by atoms with van der Waals surface area (Å²) in [6, 6.07) is -1.08. The van der Waals surface area contributed by atoms with Crippen LogP contribution in [0, 0.1) is 5.41 Å². The summed E-state index contributed by atoms with van der Waals surface area (Å²) in [7, 11) is 0. The van der Waals surface area contributed by atoms with Gasteiger partial charge in [0, 0.05) is 6.42 Å². The van der Waals surface area contributed by atoms with E-state index in [1.165, 1.54) is 23.9 Å². The van der Waals surface area contributed by atoms with Crippen molar-refractivity contribution in [2.45, 2.75) is 55.4 Å². The van der Waals surface area contributed by atoms with Crippen molar-refractivity contribution < 1.29 is 46.9 Å². The van der Waals surface area contributed by atoms with Gasteiger partial charge in [-0.1, -0.05) is 12.2 Å². The fourth-order valence-electron chi connectivity index (χ4n) is 5.36. The van der Waals surface area contributed by atoms with Crippen molar-refractivity contribution in [2.75, 3.05) is 18.9 Å². The van der Waals surface area contributed by atoms with Crippen molar-refractivity contribution in [3.63, 3.8) is 0 Å². The average Bonchev–Trinajstić information content (AvgIpc) is 3.72. The van der Waals surface area contributed by atoms with Crippen LogP contribution in [0.2, 0.25) is 0 Å². The first-order chi connectivity index (χ1) is 20.9. The van der Waals surface area contributed by atoms with Gasteiger partial charge in [0.05, 0.1) is 32.0 Å². The summed E-state index contributed by atoms with van der Waals surface area (Å²) in [5, 5.41) is 21.2. The van der Waals surface area contributed by atoms with E-state index in [2.05, 4.69) is 42.5 Å². The minimum atomic E-state index is -4.27. The number of nitrogen functional groups attached to an aromatic ring is 1. The van der Waals surface area contributed by atoms with Crippen molar-refractivity contribution in [3.05, 3.63) is 12.7 Å². The van der Waals surface area contributed by atoms with E-state index in [0.717, 1.165) is 0 Å². The predicted molar refractivity (Wildman–Crippen MR) is 155 cm³/mol. The molecule has 5 aliphatic heterocycles. The number of anilines is 1. The zero-order chi connectivity index (χ0) is 31.0. The quantitative estimate of drug-likeness (QED) is 0.164. The number of thiol groups is 1. The molecule has 2 aromatic heterocycles. The van der Waals surface area contributed by atoms with Gasteiger partial charge in [0.15, 0.2) is 29.6 Å². The maximum absolute atomic E-state index is 13.5. The number of carbonyl (C=O) groups is 1. The number of ether oxygens (including phenoxy) is 2. The Kier molecular flexibility index (Phi) is 7.63. The van der Waals surface area contributed by atoms with Crippen LogP contribution < -0.4 is 11.1 Å². The lowest BCUT2D eigenvalue weighted by Gasteiger charge is -2.31. The highest BCUT2D eigenvalue weighted by Gasteiger charge is 2.54. The van der Waals surface area contributed by atoms with Crippen LogP contribution in [0.4, 0.5) is 5.82 Å². The number of amidine groups is 1. The number of fused-ring (bicyclic) bond motifs is 5. The first-order valence-electron chi connectivity index (χ1n) is 12.9. The lowest BCUT2D eigenvalue weighted by atomic mass is 10.1. The van der Waals surface area contributed by atoms with Gasteiger partial charge in [0.1, 0.15) is 42.5 Å². The van der Waals surface area contributed by atoms with E-state index >= 15 is 0 Å². The van der Waals surface area contributed by atoms with Gasteiger partial charge < -0.3 is 34.3 Å². The van der Waals surface area contributed by atoms with Crippen LogP contribution in [0.25, 0.3) is 11.2 Å². The molecule has 0 aliphatic carbocycles. The number of aromatic nitrogens is 4. The van der Waals surface area contributed by atoms with Gasteiger partial charge in [-0.15, -0.1) is 0 Å². The van der Waals surface area contributed by atoms with E-state index in [1.54, 1.807) is 4.57 Å². The minimum Gasteiger partial charge on any atom is -0.387 e. The number of imidazole rings is 1. The summed E-state index contributed by atoms with van der Waals surface area (Å²) in [6.45, 7) is -9.14. The normalized spacial score (nSPS) is 41.0. The average molecular weight is 691 g/mol. The highest BCUT2D eigenvalue weighted by Crippen LogP contribution is 2.57. The predicted octanol–water partition coefficient (Wildman–Crippen LogP) is -0.971. The number of aliphatic imine (C=N–C) groups is 2. The molecule has 6 N–H and O–H groups in total. The number of amides is 1. The maximum Gasteiger partial charge on any atom is 0.386 e. The van der Waals surface area contributed by atoms with Crippen LogP contribution in [-0.2, 0) is 48.7 Å². The van der Waals surface area contributed by atoms with E-state index in [-0.39, 0.29) is 18.1 Å². The molecule has 5 aliphatic rings. The molecule has 0 saturated carbocycles. The Hall–Kier alpha value is -2.46. The Morgan fingerprint density at radius 2 is 1.95 bits per heavy atom. The zero-order valence-electron chi connectivity index (χ0n) is 22.1. The van der Waals surface area contributed by atoms with Gasteiger partial charge in [0.2, 0.25) is 5.96 Å². The maximum atomic E-state index is 13.5. The number of aliphatic hydroxyl groups is 1. The monoisotopic (exact) mass is 690 g/mol. The minimum absolute atomic E-state index is 0.0186. The molecule has 0 aromatic carbocycles. The third kappa shape index (κ3) is 5.48. The first-order valence-corrected chi connectivity index (χ1v) is 18.2. The number of hydrogen-bond donors (Lipinski definition) is 6. The number of nitrogens with one attached hydrogen (secondary N) is 2. The lowest BCUT2D eigenvalue weighted by Crippen LogP contribution is -2.53. The molecule has 44 heavy (non-hydrogen) atoms. The fraction of sp³-hybridized carbons (Fsp3) is 0.550. The van der Waals surface area contributed by atoms with Gasteiger partial charge in [-0.2, -0.15) is 4.99 Å². The second kappa shape index (κ2) is 11.1. The summed E-state index contributed by atoms with van der Waals surface area (Å²) >= 11 is 9.38. The van der Waals surface area contributed by atoms with Crippen molar-refractivity contribution in [3.8, 4) is 0 Å². The topological polar surface area (TPSA) is 263 Å². The van der Waals surface area contributed by atoms with Crippen LogP contribution in [0.1, 0.15) is 12.6 Å². The molecule has 1 amide bonds. The summed E-state index contributed by atoms with van der Waals surface area (Å²) < 4.78 is 49.9. The third-order valence-electron chi connectivity index (χ3n) is 7.36. The smallest absolute Gasteiger partial charge is 0.386 e. The Balaban J connectivity index is 1.16. The van der Waals surface area contributed by atoms with Crippen LogP contribution in [0.5, 0.6) is 0 Å². The Labute approximate surface area is 257 Å². The second-order valence-electron chi connectivity index (χ2n) is 10.1. The van der Waals surface area contributed by atoms with E-state index in [9.17, 15) is 19.4 Å². The van der Waals surface area contributed by atoms with Gasteiger partial charge in [-0.3, -0.25) is 39.0 Å². The molecule has 10 atom stereocenters. The highest BCUT2D eigenvalue weighted by atomic mass is 32.7.